The lowest BCUT2D eigenvalue weighted by atomic mass is 9.80. The maximum absolute atomic E-state index is 12.6. The second-order valence-electron chi connectivity index (χ2n) is 7.14. The summed E-state index contributed by atoms with van der Waals surface area (Å²) >= 11 is 5.69. The molecule has 0 radical (unpaired) electrons. The number of aryl methyl sites for hydroxylation is 2. The van der Waals surface area contributed by atoms with E-state index in [2.05, 4.69) is 20.3 Å². The number of nitrogens with one attached hydrogen (secondary N) is 1. The predicted octanol–water partition coefficient (Wildman–Crippen LogP) is 1.85. The molecule has 0 spiro atoms. The molecule has 8 nitrogen and oxygen atoms in total. The number of halogens is 1. The van der Waals surface area contributed by atoms with E-state index in [1.54, 1.807) is 0 Å². The van der Waals surface area contributed by atoms with Crippen molar-refractivity contribution in [3.05, 3.63) is 28.6 Å². The van der Waals surface area contributed by atoms with Gasteiger partial charge in [-0.25, -0.2) is 4.98 Å². The van der Waals surface area contributed by atoms with Gasteiger partial charge < -0.3 is 10.0 Å². The van der Waals surface area contributed by atoms with Gasteiger partial charge in [-0.3, -0.25) is 14.6 Å². The Kier molecular flexibility index (Phi) is 4.95. The summed E-state index contributed by atoms with van der Waals surface area (Å²) in [6.07, 6.45) is 4.54. The van der Waals surface area contributed by atoms with Gasteiger partial charge >= 0.3 is 0 Å². The van der Waals surface area contributed by atoms with Crippen LogP contribution in [0.4, 0.5) is 0 Å². The molecule has 1 aliphatic carbocycles. The van der Waals surface area contributed by atoms with Crippen molar-refractivity contribution in [2.45, 2.75) is 57.7 Å². The fourth-order valence-electron chi connectivity index (χ4n) is 3.61. The first-order valence-corrected chi connectivity index (χ1v) is 9.57. The van der Waals surface area contributed by atoms with Gasteiger partial charge in [0.1, 0.15) is 11.9 Å². The molecule has 1 fully saturated rings. The molecular weight excluding hydrogens is 356 g/mol. The van der Waals surface area contributed by atoms with E-state index >= 15 is 0 Å². The fourth-order valence-corrected chi connectivity index (χ4v) is 3.75. The first-order chi connectivity index (χ1) is 12.6. The van der Waals surface area contributed by atoms with Gasteiger partial charge in [0.25, 0.3) is 0 Å². The van der Waals surface area contributed by atoms with Crippen LogP contribution in [-0.2, 0) is 24.3 Å². The lowest BCUT2D eigenvalue weighted by Crippen LogP contribution is -2.31. The number of aromatic amines is 1. The highest BCUT2D eigenvalue weighted by Gasteiger charge is 2.30. The highest BCUT2D eigenvalue weighted by Crippen LogP contribution is 2.37. The van der Waals surface area contributed by atoms with Crippen LogP contribution in [0.5, 0.6) is 0 Å². The lowest BCUT2D eigenvalue weighted by Gasteiger charge is -2.29. The van der Waals surface area contributed by atoms with Crippen LogP contribution in [0, 0.1) is 5.92 Å². The molecule has 1 saturated carbocycles. The number of H-pyrrole nitrogens is 1. The van der Waals surface area contributed by atoms with Gasteiger partial charge in [0.2, 0.25) is 11.2 Å². The van der Waals surface area contributed by atoms with Gasteiger partial charge in [-0.2, -0.15) is 5.10 Å². The fraction of sp³-hybridized carbons (Fsp3) is 0.647. The topological polar surface area (TPSA) is 99.9 Å². The average Bonchev–Trinajstić information content (AvgIpc) is 3.11. The average molecular weight is 379 g/mol. The minimum Gasteiger partial charge on any atom is -0.386 e. The molecule has 2 aromatic rings. The molecule has 26 heavy (non-hydrogen) atoms. The Morgan fingerprint density at radius 1 is 1.38 bits per heavy atom. The normalized spacial score (nSPS) is 18.9. The number of aromatic nitrogens is 5. The molecule has 2 N–H and O–H groups in total. The molecule has 140 valence electrons. The number of carbonyl (C=O) groups excluding carboxylic acids is 1. The zero-order chi connectivity index (χ0) is 18.1. The third kappa shape index (κ3) is 3.61. The van der Waals surface area contributed by atoms with Crippen LogP contribution in [-0.4, -0.2) is 47.4 Å². The first-order valence-electron chi connectivity index (χ1n) is 9.19. The smallest absolute Gasteiger partial charge is 0.242 e. The molecule has 0 saturated heterocycles. The van der Waals surface area contributed by atoms with E-state index in [1.165, 1.54) is 6.42 Å². The highest BCUT2D eigenvalue weighted by atomic mass is 35.5. The van der Waals surface area contributed by atoms with Crippen molar-refractivity contribution in [3.8, 4) is 0 Å². The minimum atomic E-state index is -0.483. The largest absolute Gasteiger partial charge is 0.386 e. The third-order valence-corrected chi connectivity index (χ3v) is 5.53. The summed E-state index contributed by atoms with van der Waals surface area (Å²) in [5, 5.41) is 21.7. The van der Waals surface area contributed by atoms with E-state index in [0.717, 1.165) is 37.2 Å². The Balaban J connectivity index is 1.40. The van der Waals surface area contributed by atoms with Gasteiger partial charge in [-0.15, -0.1) is 5.10 Å². The maximum Gasteiger partial charge on any atom is 0.242 e. The van der Waals surface area contributed by atoms with Crippen molar-refractivity contribution in [2.75, 3.05) is 6.54 Å². The molecule has 2 aromatic heterocycles. The van der Waals surface area contributed by atoms with E-state index in [4.69, 9.17) is 11.6 Å². The van der Waals surface area contributed by atoms with Crippen molar-refractivity contribution in [1.29, 1.82) is 0 Å². The molecule has 0 bridgehead atoms. The molecule has 1 aliphatic heterocycles. The van der Waals surface area contributed by atoms with Gasteiger partial charge in [0, 0.05) is 25.9 Å². The van der Waals surface area contributed by atoms with Gasteiger partial charge in [0.05, 0.1) is 17.9 Å². The summed E-state index contributed by atoms with van der Waals surface area (Å²) in [6.45, 7) is 2.01. The van der Waals surface area contributed by atoms with Crippen LogP contribution >= 0.6 is 11.6 Å². The summed E-state index contributed by atoms with van der Waals surface area (Å²) in [5.74, 6) is 1.03. The molecule has 4 rings (SSSR count). The SMILES string of the molecule is O=C(CCc1nc(Cl)n[nH]1)N1CCCn2nc([C@H](O)C3CCC3)cc2C1. The van der Waals surface area contributed by atoms with Gasteiger partial charge in [-0.1, -0.05) is 6.42 Å². The van der Waals surface area contributed by atoms with Crippen LogP contribution in [0.25, 0.3) is 0 Å². The number of fused-ring (bicyclic) bond motifs is 1. The number of aliphatic hydroxyl groups is 1. The highest BCUT2D eigenvalue weighted by molar-refractivity contribution is 6.28. The van der Waals surface area contributed by atoms with Crippen LogP contribution < -0.4 is 0 Å². The Morgan fingerprint density at radius 3 is 2.92 bits per heavy atom. The first kappa shape index (κ1) is 17.5. The van der Waals surface area contributed by atoms with Crippen molar-refractivity contribution < 1.29 is 9.90 Å². The van der Waals surface area contributed by atoms with Crippen molar-refractivity contribution in [2.24, 2.45) is 5.92 Å². The monoisotopic (exact) mass is 378 g/mol. The Labute approximate surface area is 156 Å². The molecule has 1 atom stereocenters. The second kappa shape index (κ2) is 7.36. The van der Waals surface area contributed by atoms with E-state index in [1.807, 2.05) is 15.6 Å². The number of aliphatic hydroxyl groups excluding tert-OH is 1. The van der Waals surface area contributed by atoms with Crippen LogP contribution in [0.1, 0.15) is 55.4 Å². The number of nitrogens with zero attached hydrogens (tertiary/aromatic N) is 5. The van der Waals surface area contributed by atoms with Crippen LogP contribution in [0.2, 0.25) is 5.28 Å². The molecular formula is C17H23ClN6O2. The van der Waals surface area contributed by atoms with Crippen LogP contribution in [0.15, 0.2) is 6.07 Å². The van der Waals surface area contributed by atoms with E-state index in [-0.39, 0.29) is 11.2 Å². The molecule has 3 heterocycles. The molecule has 0 unspecified atom stereocenters. The molecule has 2 aliphatic rings. The summed E-state index contributed by atoms with van der Waals surface area (Å²) in [6, 6.07) is 1.96. The summed E-state index contributed by atoms with van der Waals surface area (Å²) in [5.41, 5.74) is 1.74. The number of rotatable bonds is 5. The molecule has 0 aromatic carbocycles. The number of hydrogen-bond acceptors (Lipinski definition) is 5. The maximum atomic E-state index is 12.6. The van der Waals surface area contributed by atoms with E-state index in [0.29, 0.717) is 37.7 Å². The Morgan fingerprint density at radius 2 is 2.23 bits per heavy atom. The van der Waals surface area contributed by atoms with Crippen molar-refractivity contribution >= 4 is 17.5 Å². The Bertz CT molecular complexity index is 784. The summed E-state index contributed by atoms with van der Waals surface area (Å²) < 4.78 is 1.95. The lowest BCUT2D eigenvalue weighted by molar-refractivity contribution is -0.131. The van der Waals surface area contributed by atoms with E-state index in [9.17, 15) is 9.90 Å². The minimum absolute atomic E-state index is 0.0771. The zero-order valence-corrected chi connectivity index (χ0v) is 15.3. The standard InChI is InChI=1S/C17H23ClN6O2/c18-17-19-14(20-21-17)5-6-15(25)23-7-2-8-24-12(10-23)9-13(22-24)16(26)11-3-1-4-11/h9,11,16,26H,1-8,10H2,(H,19,20,21)/t16-/m1/s1. The number of hydrogen-bond donors (Lipinski definition) is 2. The number of amides is 1. The van der Waals surface area contributed by atoms with E-state index < -0.39 is 6.10 Å². The van der Waals surface area contributed by atoms with Crippen molar-refractivity contribution in [1.82, 2.24) is 29.9 Å². The third-order valence-electron chi connectivity index (χ3n) is 5.37. The van der Waals surface area contributed by atoms with Gasteiger partial charge in [0.15, 0.2) is 0 Å². The van der Waals surface area contributed by atoms with Crippen molar-refractivity contribution in [3.63, 3.8) is 0 Å². The summed E-state index contributed by atoms with van der Waals surface area (Å²) in [4.78, 5) is 18.5. The quantitative estimate of drug-likeness (QED) is 0.827. The van der Waals surface area contributed by atoms with Crippen LogP contribution in [0.3, 0.4) is 0 Å². The van der Waals surface area contributed by atoms with Gasteiger partial charge in [-0.05, 0) is 42.8 Å². The Hall–Kier alpha value is -1.93. The predicted molar refractivity (Wildman–Crippen MR) is 94.3 cm³/mol. The second-order valence-corrected chi connectivity index (χ2v) is 7.48. The zero-order valence-electron chi connectivity index (χ0n) is 14.6. The molecule has 9 heteroatoms. The summed E-state index contributed by atoms with van der Waals surface area (Å²) in [7, 11) is 0. The number of carbonyl (C=O) groups is 1. The molecule has 1 amide bonds.